The molecule has 15 heavy (non-hydrogen) atoms. The first kappa shape index (κ1) is 11.4. The van der Waals surface area contributed by atoms with Crippen LogP contribution >= 0.6 is 0 Å². The fraction of sp³-hybridized carbons (Fsp3) is 1.00. The Labute approximate surface area is 95.0 Å². The molecule has 4 unspecified atom stereocenters. The molecule has 0 heterocycles. The van der Waals surface area contributed by atoms with Crippen molar-refractivity contribution < 1.29 is 0 Å². The molecule has 1 nitrogen and oxygen atoms in total. The first-order valence-corrected chi connectivity index (χ1v) is 7.09. The Bertz CT molecular complexity index is 190. The maximum absolute atomic E-state index is 3.93. The Balaban J connectivity index is 1.74. The highest BCUT2D eigenvalue weighted by atomic mass is 15.0. The molecule has 1 heteroatoms. The lowest BCUT2D eigenvalue weighted by molar-refractivity contribution is 0.302. The van der Waals surface area contributed by atoms with E-state index in [0.717, 1.165) is 23.9 Å². The Morgan fingerprint density at radius 3 is 2.60 bits per heavy atom. The van der Waals surface area contributed by atoms with Crippen molar-refractivity contribution in [3.05, 3.63) is 0 Å². The molecule has 0 aromatic rings. The van der Waals surface area contributed by atoms with Gasteiger partial charge in [0.1, 0.15) is 0 Å². The zero-order valence-corrected chi connectivity index (χ0v) is 10.5. The van der Waals surface area contributed by atoms with Crippen LogP contribution in [-0.2, 0) is 0 Å². The number of fused-ring (bicyclic) bond motifs is 2. The monoisotopic (exact) mass is 209 g/mol. The Kier molecular flexibility index (Phi) is 4.07. The average molecular weight is 209 g/mol. The highest BCUT2D eigenvalue weighted by Crippen LogP contribution is 2.44. The zero-order chi connectivity index (χ0) is 10.7. The Hall–Kier alpha value is -0.0400. The molecule has 1 N–H and O–H groups in total. The normalized spacial score (nSPS) is 36.0. The molecule has 0 saturated heterocycles. The predicted molar refractivity (Wildman–Crippen MR) is 66.0 cm³/mol. The second-order valence-electron chi connectivity index (χ2n) is 5.70. The van der Waals surface area contributed by atoms with E-state index in [1.54, 1.807) is 0 Å². The van der Waals surface area contributed by atoms with Crippen LogP contribution in [0.5, 0.6) is 0 Å². The second kappa shape index (κ2) is 5.34. The lowest BCUT2D eigenvalue weighted by atomic mass is 9.94. The first-order chi connectivity index (χ1) is 7.33. The van der Waals surface area contributed by atoms with Gasteiger partial charge in [-0.2, -0.15) is 0 Å². The summed E-state index contributed by atoms with van der Waals surface area (Å²) in [6.07, 6.45) is 11.5. The third-order valence-corrected chi connectivity index (χ3v) is 4.59. The van der Waals surface area contributed by atoms with E-state index < -0.39 is 0 Å². The van der Waals surface area contributed by atoms with E-state index in [2.05, 4.69) is 19.2 Å². The van der Waals surface area contributed by atoms with E-state index in [1.807, 2.05) is 0 Å². The third-order valence-electron chi connectivity index (χ3n) is 4.59. The fourth-order valence-electron chi connectivity index (χ4n) is 3.61. The Morgan fingerprint density at radius 2 is 2.07 bits per heavy atom. The maximum Gasteiger partial charge on any atom is 0.0101 e. The van der Waals surface area contributed by atoms with Crippen molar-refractivity contribution in [3.63, 3.8) is 0 Å². The van der Waals surface area contributed by atoms with Crippen LogP contribution in [-0.4, -0.2) is 12.1 Å². The highest BCUT2D eigenvalue weighted by Gasteiger charge is 2.39. The maximum atomic E-state index is 3.93. The smallest absolute Gasteiger partial charge is 0.0101 e. The fourth-order valence-corrected chi connectivity index (χ4v) is 3.61. The molecule has 0 spiro atoms. The van der Waals surface area contributed by atoms with E-state index in [0.29, 0.717) is 0 Å². The van der Waals surface area contributed by atoms with Crippen molar-refractivity contribution in [1.29, 1.82) is 0 Å². The molecule has 2 fully saturated rings. The molecule has 4 atom stereocenters. The Morgan fingerprint density at radius 1 is 1.20 bits per heavy atom. The van der Waals surface area contributed by atoms with Gasteiger partial charge in [-0.3, -0.25) is 0 Å². The van der Waals surface area contributed by atoms with Gasteiger partial charge in [-0.15, -0.1) is 0 Å². The lowest BCUT2D eigenvalue weighted by Crippen LogP contribution is -2.41. The van der Waals surface area contributed by atoms with Gasteiger partial charge < -0.3 is 5.32 Å². The van der Waals surface area contributed by atoms with Crippen molar-refractivity contribution in [3.8, 4) is 0 Å². The van der Waals surface area contributed by atoms with Gasteiger partial charge in [-0.1, -0.05) is 33.1 Å². The van der Waals surface area contributed by atoms with E-state index in [9.17, 15) is 0 Å². The summed E-state index contributed by atoms with van der Waals surface area (Å²) in [4.78, 5) is 0. The number of rotatable bonds is 6. The van der Waals surface area contributed by atoms with Crippen LogP contribution in [0.15, 0.2) is 0 Å². The second-order valence-corrected chi connectivity index (χ2v) is 5.70. The average Bonchev–Trinajstić information content (AvgIpc) is 2.85. The van der Waals surface area contributed by atoms with Crippen LogP contribution in [0.2, 0.25) is 0 Å². The van der Waals surface area contributed by atoms with Crippen LogP contribution in [0.25, 0.3) is 0 Å². The molecule has 0 aromatic heterocycles. The van der Waals surface area contributed by atoms with Gasteiger partial charge in [0.15, 0.2) is 0 Å². The van der Waals surface area contributed by atoms with Crippen molar-refractivity contribution in [1.82, 2.24) is 5.32 Å². The quantitative estimate of drug-likeness (QED) is 0.703. The number of hydrogen-bond acceptors (Lipinski definition) is 1. The molecule has 2 rings (SSSR count). The van der Waals surface area contributed by atoms with Crippen molar-refractivity contribution in [2.24, 2.45) is 11.8 Å². The number of unbranched alkanes of at least 4 members (excludes halogenated alkanes) is 1. The summed E-state index contributed by atoms with van der Waals surface area (Å²) in [5.74, 6) is 2.11. The highest BCUT2D eigenvalue weighted by molar-refractivity contribution is 4.95. The molecule has 0 aromatic carbocycles. The lowest BCUT2D eigenvalue weighted by Gasteiger charge is -2.28. The molecule has 2 aliphatic rings. The van der Waals surface area contributed by atoms with Crippen molar-refractivity contribution in [2.75, 3.05) is 0 Å². The number of nitrogens with one attached hydrogen (secondary N) is 1. The molecule has 2 bridgehead atoms. The van der Waals surface area contributed by atoms with Crippen LogP contribution in [0.4, 0.5) is 0 Å². The molecule has 2 aliphatic carbocycles. The summed E-state index contributed by atoms with van der Waals surface area (Å²) in [6.45, 7) is 4.63. The van der Waals surface area contributed by atoms with Crippen LogP contribution < -0.4 is 5.32 Å². The van der Waals surface area contributed by atoms with Gasteiger partial charge in [-0.25, -0.2) is 0 Å². The minimum atomic E-state index is 0.800. The van der Waals surface area contributed by atoms with Gasteiger partial charge in [0.05, 0.1) is 0 Å². The van der Waals surface area contributed by atoms with Gasteiger partial charge in [0.2, 0.25) is 0 Å². The van der Waals surface area contributed by atoms with E-state index in [1.165, 1.54) is 51.4 Å². The van der Waals surface area contributed by atoms with Crippen LogP contribution in [0.1, 0.15) is 65.2 Å². The predicted octanol–water partition coefficient (Wildman–Crippen LogP) is 3.73. The van der Waals surface area contributed by atoms with Crippen molar-refractivity contribution in [2.45, 2.75) is 77.3 Å². The van der Waals surface area contributed by atoms with Gasteiger partial charge in [0.25, 0.3) is 0 Å². The van der Waals surface area contributed by atoms with Gasteiger partial charge in [-0.05, 0) is 43.9 Å². The zero-order valence-electron chi connectivity index (χ0n) is 10.5. The van der Waals surface area contributed by atoms with E-state index in [4.69, 9.17) is 0 Å². The minimum absolute atomic E-state index is 0.800. The summed E-state index contributed by atoms with van der Waals surface area (Å²) in [5, 5.41) is 3.93. The summed E-state index contributed by atoms with van der Waals surface area (Å²) < 4.78 is 0. The molecule has 2 saturated carbocycles. The topological polar surface area (TPSA) is 12.0 Å². The molecule has 88 valence electrons. The molecular weight excluding hydrogens is 182 g/mol. The summed E-state index contributed by atoms with van der Waals surface area (Å²) in [6, 6.07) is 1.68. The van der Waals surface area contributed by atoms with E-state index in [-0.39, 0.29) is 0 Å². The summed E-state index contributed by atoms with van der Waals surface area (Å²) in [5.41, 5.74) is 0. The SMILES string of the molecule is CCCCC(CC)NC1CC2CCC1C2. The van der Waals surface area contributed by atoms with Crippen molar-refractivity contribution >= 4 is 0 Å². The van der Waals surface area contributed by atoms with Crippen LogP contribution in [0.3, 0.4) is 0 Å². The van der Waals surface area contributed by atoms with Gasteiger partial charge in [0, 0.05) is 12.1 Å². The minimum Gasteiger partial charge on any atom is -0.311 e. The number of hydrogen-bond donors (Lipinski definition) is 1. The molecular formula is C14H27N. The third kappa shape index (κ3) is 2.75. The molecule has 0 radical (unpaired) electrons. The molecule has 0 aliphatic heterocycles. The molecule has 0 amide bonds. The van der Waals surface area contributed by atoms with E-state index >= 15 is 0 Å². The van der Waals surface area contributed by atoms with Crippen LogP contribution in [0, 0.1) is 11.8 Å². The standard InChI is InChI=1S/C14H27N/c1-3-5-6-13(4-2)15-14-10-11-7-8-12(14)9-11/h11-15H,3-10H2,1-2H3. The largest absolute Gasteiger partial charge is 0.311 e. The summed E-state index contributed by atoms with van der Waals surface area (Å²) >= 11 is 0. The summed E-state index contributed by atoms with van der Waals surface area (Å²) in [7, 11) is 0. The first-order valence-electron chi connectivity index (χ1n) is 7.09. The van der Waals surface area contributed by atoms with Gasteiger partial charge >= 0.3 is 0 Å².